The molecule has 78 valence electrons. The van der Waals surface area contributed by atoms with E-state index >= 15 is 0 Å². The second-order valence-corrected chi connectivity index (χ2v) is 5.43. The second kappa shape index (κ2) is 5.91. The molecule has 0 atom stereocenters. The topological polar surface area (TPSA) is 44.4 Å². The van der Waals surface area contributed by atoms with Gasteiger partial charge in [0.05, 0.1) is 27.2 Å². The van der Waals surface area contributed by atoms with Gasteiger partial charge in [-0.25, -0.2) is 0 Å². The maximum Gasteiger partial charge on any atom is 0.293 e. The van der Waals surface area contributed by atoms with E-state index in [1.54, 1.807) is 0 Å². The molecule has 13 heavy (non-hydrogen) atoms. The first-order valence-electron chi connectivity index (χ1n) is 4.06. The van der Waals surface area contributed by atoms with Crippen molar-refractivity contribution in [3.8, 4) is 0 Å². The summed E-state index contributed by atoms with van der Waals surface area (Å²) in [5.41, 5.74) is 5.47. The maximum atomic E-state index is 5.53. The molecule has 0 heterocycles. The molecule has 0 aliphatic carbocycles. The molecule has 0 saturated carbocycles. The third-order valence-corrected chi connectivity index (χ3v) is 2.09. The Morgan fingerprint density at radius 2 is 1.92 bits per heavy atom. The van der Waals surface area contributed by atoms with Gasteiger partial charge in [0, 0.05) is 6.42 Å². The lowest BCUT2D eigenvalue weighted by Crippen LogP contribution is -3.06. The summed E-state index contributed by atoms with van der Waals surface area (Å²) in [4.78, 5) is 4.25. The molecule has 4 N–H and O–H groups in total. The van der Waals surface area contributed by atoms with Crippen LogP contribution in [0, 0.1) is 0 Å². The lowest BCUT2D eigenvalue weighted by Gasteiger charge is -2.06. The summed E-state index contributed by atoms with van der Waals surface area (Å²) >= 11 is 16.6. The third-order valence-electron chi connectivity index (χ3n) is 1.47. The molecular weight excluding hydrogens is 232 g/mol. The fraction of sp³-hybridized carbons (Fsp3) is 0.857. The highest BCUT2D eigenvalue weighted by Crippen LogP contribution is 2.23. The zero-order valence-electron chi connectivity index (χ0n) is 7.83. The first kappa shape index (κ1) is 13.3. The smallest absolute Gasteiger partial charge is 0.293 e. The number of hydrogen-bond donors (Lipinski definition) is 3. The van der Waals surface area contributed by atoms with E-state index in [1.165, 1.54) is 4.90 Å². The van der Waals surface area contributed by atoms with E-state index in [9.17, 15) is 0 Å². The monoisotopic (exact) mass is 247 g/mol. The molecule has 0 spiro atoms. The number of rotatable bonds is 4. The first-order valence-corrected chi connectivity index (χ1v) is 5.20. The van der Waals surface area contributed by atoms with Crippen molar-refractivity contribution in [2.45, 2.75) is 10.2 Å². The minimum absolute atomic E-state index is 0.186. The van der Waals surface area contributed by atoms with Gasteiger partial charge in [0.15, 0.2) is 0 Å². The van der Waals surface area contributed by atoms with E-state index in [1.807, 2.05) is 0 Å². The minimum atomic E-state index is -1.51. The molecule has 0 unspecified atom stereocenters. The molecule has 0 fully saturated rings. The summed E-state index contributed by atoms with van der Waals surface area (Å²) in [5, 5.41) is 0. The van der Waals surface area contributed by atoms with Crippen LogP contribution < -0.4 is 15.6 Å². The van der Waals surface area contributed by atoms with Crippen LogP contribution in [0.1, 0.15) is 6.42 Å². The zero-order chi connectivity index (χ0) is 10.5. The SMILES string of the molecule is C[NH+](C)CCC[NH+]=C(N)C(Cl)(Cl)Cl. The number of hydrogen-bond acceptors (Lipinski definition) is 0. The van der Waals surface area contributed by atoms with Gasteiger partial charge in [-0.2, -0.15) is 0 Å². The predicted molar refractivity (Wildman–Crippen MR) is 57.6 cm³/mol. The molecule has 0 aromatic rings. The molecular formula is C7H16Cl3N3+2. The van der Waals surface area contributed by atoms with Crippen molar-refractivity contribution in [3.05, 3.63) is 0 Å². The van der Waals surface area contributed by atoms with Crippen molar-refractivity contribution < 1.29 is 9.89 Å². The molecule has 0 radical (unpaired) electrons. The Labute approximate surface area is 93.8 Å². The highest BCUT2D eigenvalue weighted by molar-refractivity contribution is 6.76. The highest BCUT2D eigenvalue weighted by Gasteiger charge is 2.30. The van der Waals surface area contributed by atoms with Crippen LogP contribution in [0.2, 0.25) is 0 Å². The van der Waals surface area contributed by atoms with Crippen molar-refractivity contribution in [3.63, 3.8) is 0 Å². The molecule has 0 aliphatic rings. The van der Waals surface area contributed by atoms with Gasteiger partial charge in [-0.3, -0.25) is 10.7 Å². The molecule has 0 aromatic carbocycles. The average molecular weight is 249 g/mol. The van der Waals surface area contributed by atoms with E-state index in [0.29, 0.717) is 0 Å². The highest BCUT2D eigenvalue weighted by atomic mass is 35.6. The summed E-state index contributed by atoms with van der Waals surface area (Å²) in [6.45, 7) is 1.78. The van der Waals surface area contributed by atoms with Gasteiger partial charge in [0.2, 0.25) is 0 Å². The number of halogens is 3. The van der Waals surface area contributed by atoms with Crippen LogP contribution in [0.25, 0.3) is 0 Å². The Morgan fingerprint density at radius 3 is 2.31 bits per heavy atom. The van der Waals surface area contributed by atoms with Crippen LogP contribution in [0.15, 0.2) is 0 Å². The lowest BCUT2D eigenvalue weighted by molar-refractivity contribution is -0.859. The Balaban J connectivity index is 3.73. The molecule has 0 rings (SSSR count). The number of alkyl halides is 3. The largest absolute Gasteiger partial charge is 0.340 e. The summed E-state index contributed by atoms with van der Waals surface area (Å²) in [6.07, 6.45) is 0.990. The van der Waals surface area contributed by atoms with E-state index in [2.05, 4.69) is 19.1 Å². The summed E-state index contributed by atoms with van der Waals surface area (Å²) in [6, 6.07) is 0. The van der Waals surface area contributed by atoms with Crippen LogP contribution in [0.4, 0.5) is 0 Å². The number of nitrogens with two attached hydrogens (primary N) is 1. The van der Waals surface area contributed by atoms with E-state index < -0.39 is 3.79 Å². The van der Waals surface area contributed by atoms with Crippen molar-refractivity contribution in [2.24, 2.45) is 5.73 Å². The Bertz CT molecular complexity index is 174. The normalized spacial score (nSPS) is 13.8. The molecule has 0 bridgehead atoms. The van der Waals surface area contributed by atoms with E-state index in [0.717, 1.165) is 19.5 Å². The maximum absolute atomic E-state index is 5.53. The number of nitrogens with one attached hydrogen (secondary N) is 2. The second-order valence-electron chi connectivity index (χ2n) is 3.15. The minimum Gasteiger partial charge on any atom is -0.340 e. The average Bonchev–Trinajstić information content (AvgIpc) is 1.95. The van der Waals surface area contributed by atoms with E-state index in [4.69, 9.17) is 40.5 Å². The number of quaternary nitrogens is 1. The van der Waals surface area contributed by atoms with Crippen molar-refractivity contribution in [2.75, 3.05) is 27.2 Å². The van der Waals surface area contributed by atoms with Crippen molar-refractivity contribution in [1.82, 2.24) is 0 Å². The first-order chi connectivity index (χ1) is 5.84. The van der Waals surface area contributed by atoms with E-state index in [-0.39, 0.29) is 5.84 Å². The molecule has 0 saturated heterocycles. The quantitative estimate of drug-likeness (QED) is 0.237. The number of amidine groups is 1. The summed E-state index contributed by atoms with van der Waals surface area (Å²) < 4.78 is -1.51. The Kier molecular flexibility index (Phi) is 6.05. The standard InChI is InChI=1S/C7H14Cl3N3/c1-13(2)5-3-4-12-6(11)7(8,9)10/h3-5H2,1-2H3,(H2,11,12)/p+2. The Morgan fingerprint density at radius 1 is 1.38 bits per heavy atom. The summed E-state index contributed by atoms with van der Waals surface area (Å²) in [5.74, 6) is 0.186. The molecule has 0 amide bonds. The van der Waals surface area contributed by atoms with Crippen LogP contribution in [-0.2, 0) is 0 Å². The Hall–Kier alpha value is 0.300. The van der Waals surface area contributed by atoms with Gasteiger partial charge >= 0.3 is 0 Å². The van der Waals surface area contributed by atoms with Gasteiger partial charge < -0.3 is 4.90 Å². The van der Waals surface area contributed by atoms with Gasteiger partial charge in [-0.15, -0.1) is 0 Å². The fourth-order valence-electron chi connectivity index (χ4n) is 0.765. The predicted octanol–water partition coefficient (Wildman–Crippen LogP) is -1.67. The molecule has 3 nitrogen and oxygen atoms in total. The van der Waals surface area contributed by atoms with Gasteiger partial charge in [0.25, 0.3) is 9.63 Å². The van der Waals surface area contributed by atoms with Crippen molar-refractivity contribution in [1.29, 1.82) is 0 Å². The van der Waals surface area contributed by atoms with Crippen LogP contribution in [0.5, 0.6) is 0 Å². The van der Waals surface area contributed by atoms with Gasteiger partial charge in [-0.05, 0) is 0 Å². The fourth-order valence-corrected chi connectivity index (χ4v) is 0.966. The molecule has 6 heteroatoms. The lowest BCUT2D eigenvalue weighted by atomic mass is 10.4. The van der Waals surface area contributed by atoms with Crippen LogP contribution in [0.3, 0.4) is 0 Å². The van der Waals surface area contributed by atoms with Gasteiger partial charge in [-0.1, -0.05) is 34.8 Å². The van der Waals surface area contributed by atoms with Gasteiger partial charge in [0.1, 0.15) is 0 Å². The molecule has 0 aliphatic heterocycles. The molecule has 0 aromatic heterocycles. The van der Waals surface area contributed by atoms with Crippen LogP contribution in [-0.4, -0.2) is 36.8 Å². The third kappa shape index (κ3) is 7.38. The summed E-state index contributed by atoms with van der Waals surface area (Å²) in [7, 11) is 4.17. The van der Waals surface area contributed by atoms with Crippen molar-refractivity contribution >= 4 is 40.6 Å². The van der Waals surface area contributed by atoms with Crippen LogP contribution >= 0.6 is 34.8 Å². The zero-order valence-corrected chi connectivity index (χ0v) is 10.1.